The Balaban J connectivity index is 1.82. The molecule has 2 aromatic rings. The zero-order valence-electron chi connectivity index (χ0n) is 17.5. The summed E-state index contributed by atoms with van der Waals surface area (Å²) in [6, 6.07) is 8.25. The molecule has 0 saturated carbocycles. The first-order valence-corrected chi connectivity index (χ1v) is 9.94. The van der Waals surface area contributed by atoms with Crippen molar-refractivity contribution in [3.8, 4) is 0 Å². The second-order valence-electron chi connectivity index (χ2n) is 7.06. The van der Waals surface area contributed by atoms with Gasteiger partial charge >= 0.3 is 5.97 Å². The lowest BCUT2D eigenvalue weighted by molar-refractivity contribution is -0.385. The van der Waals surface area contributed by atoms with Gasteiger partial charge in [-0.05, 0) is 31.0 Å². The maximum atomic E-state index is 12.2. The number of aliphatic carboxylic acids is 1. The summed E-state index contributed by atoms with van der Waals surface area (Å²) in [7, 11) is 0. The topological polar surface area (TPSA) is 164 Å². The van der Waals surface area contributed by atoms with E-state index in [4.69, 9.17) is 5.11 Å². The van der Waals surface area contributed by atoms with Gasteiger partial charge in [-0.15, -0.1) is 0 Å². The first kappa shape index (κ1) is 24.3. The zero-order chi connectivity index (χ0) is 23.5. The van der Waals surface area contributed by atoms with Gasteiger partial charge in [0.1, 0.15) is 5.82 Å². The third-order valence-electron chi connectivity index (χ3n) is 4.47. The van der Waals surface area contributed by atoms with Crippen LogP contribution in [0, 0.1) is 17.0 Å². The quantitative estimate of drug-likeness (QED) is 0.220. The average Bonchev–Trinajstić information content (AvgIpc) is 2.74. The molecule has 4 N–H and O–H groups in total. The van der Waals surface area contributed by atoms with Gasteiger partial charge in [0.25, 0.3) is 5.69 Å². The van der Waals surface area contributed by atoms with Crippen molar-refractivity contribution in [1.29, 1.82) is 0 Å². The molecule has 170 valence electrons. The third kappa shape index (κ3) is 8.01. The number of pyridine rings is 1. The number of aromatic nitrogens is 1. The molecule has 0 radical (unpaired) electrons. The highest BCUT2D eigenvalue weighted by Gasteiger charge is 2.25. The number of nitro benzene ring substituents is 1. The van der Waals surface area contributed by atoms with Crippen molar-refractivity contribution in [2.75, 3.05) is 18.4 Å². The smallest absolute Gasteiger partial charge is 0.305 e. The Bertz CT molecular complexity index is 981. The van der Waals surface area contributed by atoms with Gasteiger partial charge in [-0.3, -0.25) is 24.5 Å². The van der Waals surface area contributed by atoms with Crippen LogP contribution in [0.15, 0.2) is 42.6 Å². The Labute approximate surface area is 184 Å². The number of amides is 2. The van der Waals surface area contributed by atoms with Crippen LogP contribution >= 0.6 is 0 Å². The number of rotatable bonds is 12. The van der Waals surface area contributed by atoms with E-state index in [9.17, 15) is 24.5 Å². The molecule has 0 aliphatic rings. The van der Waals surface area contributed by atoms with Gasteiger partial charge in [0.2, 0.25) is 11.8 Å². The zero-order valence-corrected chi connectivity index (χ0v) is 17.5. The molecule has 11 nitrogen and oxygen atoms in total. The Morgan fingerprint density at radius 2 is 1.94 bits per heavy atom. The normalized spacial score (nSPS) is 11.3. The summed E-state index contributed by atoms with van der Waals surface area (Å²) >= 11 is 0. The molecule has 1 aromatic carbocycles. The number of hydrogen-bond acceptors (Lipinski definition) is 7. The van der Waals surface area contributed by atoms with E-state index >= 15 is 0 Å². The largest absolute Gasteiger partial charge is 0.481 e. The number of anilines is 1. The van der Waals surface area contributed by atoms with Gasteiger partial charge in [-0.2, -0.15) is 0 Å². The highest BCUT2D eigenvalue weighted by molar-refractivity contribution is 5.85. The number of nitrogens with one attached hydrogen (secondary N) is 3. The molecular formula is C21H25N5O6. The van der Waals surface area contributed by atoms with Crippen LogP contribution < -0.4 is 16.0 Å². The van der Waals surface area contributed by atoms with E-state index in [0.717, 1.165) is 5.56 Å². The van der Waals surface area contributed by atoms with Gasteiger partial charge < -0.3 is 21.1 Å². The van der Waals surface area contributed by atoms with Crippen LogP contribution in [-0.4, -0.2) is 45.9 Å². The lowest BCUT2D eigenvalue weighted by atomic mass is 10.0. The van der Waals surface area contributed by atoms with Crippen LogP contribution in [0.25, 0.3) is 0 Å². The Hall–Kier alpha value is -4.02. The molecule has 0 fully saturated rings. The second kappa shape index (κ2) is 12.0. The number of para-hydroxylation sites is 1. The standard InChI is InChI=1S/C21H25N5O6/c1-14-8-10-23-18(11-14)22-9-4-7-19(27)24-13-20(28)25-16(12-21(29)30)15-5-2-3-6-17(15)26(31)32/h2-3,5-6,8,10-11,16H,4,7,9,12-13H2,1H3,(H,22,23)(H,24,27)(H,25,28)(H,29,30). The summed E-state index contributed by atoms with van der Waals surface area (Å²) in [5.74, 6) is -1.51. The molecule has 1 atom stereocenters. The predicted molar refractivity (Wildman–Crippen MR) is 116 cm³/mol. The van der Waals surface area contributed by atoms with E-state index in [0.29, 0.717) is 18.8 Å². The fourth-order valence-electron chi connectivity index (χ4n) is 2.97. The van der Waals surface area contributed by atoms with E-state index in [1.165, 1.54) is 24.3 Å². The van der Waals surface area contributed by atoms with Crippen molar-refractivity contribution in [3.05, 3.63) is 63.8 Å². The van der Waals surface area contributed by atoms with Crippen molar-refractivity contribution >= 4 is 29.3 Å². The molecule has 0 bridgehead atoms. The summed E-state index contributed by atoms with van der Waals surface area (Å²) < 4.78 is 0. The summed E-state index contributed by atoms with van der Waals surface area (Å²) in [6.45, 7) is 2.10. The lowest BCUT2D eigenvalue weighted by Gasteiger charge is -2.17. The molecule has 0 spiro atoms. The van der Waals surface area contributed by atoms with E-state index in [2.05, 4.69) is 20.9 Å². The van der Waals surface area contributed by atoms with Crippen molar-refractivity contribution < 1.29 is 24.4 Å². The molecule has 2 amide bonds. The van der Waals surface area contributed by atoms with Crippen molar-refractivity contribution in [2.24, 2.45) is 0 Å². The van der Waals surface area contributed by atoms with Crippen molar-refractivity contribution in [2.45, 2.75) is 32.2 Å². The molecule has 1 heterocycles. The Kier molecular flexibility index (Phi) is 9.08. The molecule has 2 rings (SSSR count). The second-order valence-corrected chi connectivity index (χ2v) is 7.06. The fraction of sp³-hybridized carbons (Fsp3) is 0.333. The van der Waals surface area contributed by atoms with Crippen LogP contribution in [0.3, 0.4) is 0 Å². The first-order valence-electron chi connectivity index (χ1n) is 9.94. The number of benzene rings is 1. The summed E-state index contributed by atoms with van der Waals surface area (Å²) in [5.41, 5.74) is 0.849. The number of hydrogen-bond donors (Lipinski definition) is 4. The number of carboxylic acid groups (broad SMARTS) is 1. The average molecular weight is 443 g/mol. The van der Waals surface area contributed by atoms with Gasteiger partial charge in [-0.25, -0.2) is 4.98 Å². The number of carbonyl (C=O) groups is 3. The van der Waals surface area contributed by atoms with Crippen LogP contribution in [-0.2, 0) is 14.4 Å². The monoisotopic (exact) mass is 443 g/mol. The predicted octanol–water partition coefficient (Wildman–Crippen LogP) is 1.94. The molecule has 0 aliphatic carbocycles. The first-order chi connectivity index (χ1) is 15.3. The van der Waals surface area contributed by atoms with Crippen molar-refractivity contribution in [1.82, 2.24) is 15.6 Å². The summed E-state index contributed by atoms with van der Waals surface area (Å²) in [5, 5.41) is 28.4. The van der Waals surface area contributed by atoms with E-state index in [1.54, 1.807) is 6.20 Å². The summed E-state index contributed by atoms with van der Waals surface area (Å²) in [6.07, 6.45) is 1.84. The molecule has 0 saturated heterocycles. The van der Waals surface area contributed by atoms with Gasteiger partial charge in [-0.1, -0.05) is 18.2 Å². The molecule has 1 unspecified atom stereocenters. The molecular weight excluding hydrogens is 418 g/mol. The highest BCUT2D eigenvalue weighted by Crippen LogP contribution is 2.27. The summed E-state index contributed by atoms with van der Waals surface area (Å²) in [4.78, 5) is 50.1. The Morgan fingerprint density at radius 1 is 1.19 bits per heavy atom. The van der Waals surface area contributed by atoms with Crippen LogP contribution in [0.5, 0.6) is 0 Å². The maximum Gasteiger partial charge on any atom is 0.305 e. The Morgan fingerprint density at radius 3 is 2.62 bits per heavy atom. The van der Waals surface area contributed by atoms with E-state index in [-0.39, 0.29) is 30.1 Å². The van der Waals surface area contributed by atoms with Gasteiger partial charge in [0, 0.05) is 25.2 Å². The molecule has 32 heavy (non-hydrogen) atoms. The van der Waals surface area contributed by atoms with Gasteiger partial charge in [0.15, 0.2) is 0 Å². The minimum atomic E-state index is -1.23. The van der Waals surface area contributed by atoms with Gasteiger partial charge in [0.05, 0.1) is 29.5 Å². The van der Waals surface area contributed by atoms with E-state index < -0.39 is 29.3 Å². The number of nitrogens with zero attached hydrogens (tertiary/aromatic N) is 2. The molecule has 0 aliphatic heterocycles. The SMILES string of the molecule is Cc1ccnc(NCCCC(=O)NCC(=O)NC(CC(=O)O)c2ccccc2[N+](=O)[O-])c1. The minimum absolute atomic E-state index is 0.0791. The van der Waals surface area contributed by atoms with Crippen LogP contribution in [0.4, 0.5) is 11.5 Å². The van der Waals surface area contributed by atoms with Crippen molar-refractivity contribution in [3.63, 3.8) is 0 Å². The van der Waals surface area contributed by atoms with Crippen LogP contribution in [0.2, 0.25) is 0 Å². The fourth-order valence-corrected chi connectivity index (χ4v) is 2.97. The van der Waals surface area contributed by atoms with Crippen LogP contribution in [0.1, 0.15) is 36.4 Å². The minimum Gasteiger partial charge on any atom is -0.481 e. The van der Waals surface area contributed by atoms with E-state index in [1.807, 2.05) is 19.1 Å². The molecule has 11 heteroatoms. The lowest BCUT2D eigenvalue weighted by Crippen LogP contribution is -2.39. The third-order valence-corrected chi connectivity index (χ3v) is 4.47. The number of carboxylic acids is 1. The number of nitro groups is 1. The number of aryl methyl sites for hydroxylation is 1. The highest BCUT2D eigenvalue weighted by atomic mass is 16.6. The maximum absolute atomic E-state index is 12.2. The molecule has 1 aromatic heterocycles. The number of carbonyl (C=O) groups excluding carboxylic acids is 2.